The molecule has 0 N–H and O–H groups in total. The van der Waals surface area contributed by atoms with Crippen LogP contribution in [0.4, 0.5) is 19.5 Å². The number of halogens is 2. The quantitative estimate of drug-likeness (QED) is 0.432. The first-order valence-corrected chi connectivity index (χ1v) is 12.0. The van der Waals surface area contributed by atoms with Gasteiger partial charge in [-0.05, 0) is 45.7 Å². The van der Waals surface area contributed by atoms with Gasteiger partial charge in [-0.2, -0.15) is 0 Å². The van der Waals surface area contributed by atoms with Gasteiger partial charge in [0.15, 0.2) is 0 Å². The van der Waals surface area contributed by atoms with Gasteiger partial charge < -0.3 is 9.47 Å². The molecule has 0 saturated heterocycles. The first-order chi connectivity index (χ1) is 17.0. The number of thiazole rings is 1. The zero-order chi connectivity index (χ0) is 26.1. The Morgan fingerprint density at radius 2 is 1.86 bits per heavy atom. The molecule has 36 heavy (non-hydrogen) atoms. The molecule has 0 atom stereocenters. The van der Waals surface area contributed by atoms with Crippen molar-refractivity contribution in [2.24, 2.45) is 0 Å². The molecule has 4 rings (SSSR count). The van der Waals surface area contributed by atoms with Gasteiger partial charge in [0.2, 0.25) is 5.95 Å². The van der Waals surface area contributed by atoms with Crippen LogP contribution in [0.25, 0.3) is 10.6 Å². The maximum Gasteiger partial charge on any atom is 0.417 e. The van der Waals surface area contributed by atoms with E-state index in [0.717, 1.165) is 11.3 Å². The second-order valence-corrected chi connectivity index (χ2v) is 10.5. The van der Waals surface area contributed by atoms with Crippen molar-refractivity contribution in [3.63, 3.8) is 0 Å². The lowest BCUT2D eigenvalue weighted by Crippen LogP contribution is -2.54. The molecule has 1 saturated carbocycles. The van der Waals surface area contributed by atoms with Crippen LogP contribution in [-0.4, -0.2) is 57.4 Å². The summed E-state index contributed by atoms with van der Waals surface area (Å²) in [5.74, 6) is -1.09. The molecule has 0 radical (unpaired) electrons. The van der Waals surface area contributed by atoms with E-state index in [1.165, 1.54) is 48.9 Å². The van der Waals surface area contributed by atoms with Crippen LogP contribution in [0.1, 0.15) is 49.0 Å². The van der Waals surface area contributed by atoms with E-state index in [-0.39, 0.29) is 31.0 Å². The van der Waals surface area contributed by atoms with Crippen molar-refractivity contribution in [2.45, 2.75) is 50.8 Å². The van der Waals surface area contributed by atoms with Gasteiger partial charge in [0.1, 0.15) is 27.5 Å². The highest BCUT2D eigenvalue weighted by molar-refractivity contribution is 7.16. The van der Waals surface area contributed by atoms with Crippen LogP contribution < -0.4 is 4.90 Å². The predicted molar refractivity (Wildman–Crippen MR) is 128 cm³/mol. The highest BCUT2D eigenvalue weighted by Gasteiger charge is 2.51. The summed E-state index contributed by atoms with van der Waals surface area (Å²) in [5.41, 5.74) is -1.29. The van der Waals surface area contributed by atoms with Gasteiger partial charge in [-0.25, -0.2) is 38.2 Å². The number of nitrogens with zero attached hydrogens (tertiary/aromatic N) is 5. The third-order valence-electron chi connectivity index (χ3n) is 5.58. The number of carbonyl (C=O) groups excluding carboxylic acids is 2. The number of anilines is 1. The van der Waals surface area contributed by atoms with E-state index in [0.29, 0.717) is 15.4 Å². The van der Waals surface area contributed by atoms with Crippen LogP contribution >= 0.6 is 11.3 Å². The summed E-state index contributed by atoms with van der Waals surface area (Å²) in [6.45, 7) is 5.01. The van der Waals surface area contributed by atoms with Gasteiger partial charge in [-0.1, -0.05) is 0 Å². The Balaban J connectivity index is 1.67. The van der Waals surface area contributed by atoms with E-state index >= 15 is 0 Å². The Hall–Kier alpha value is -3.54. The number of rotatable bonds is 6. The lowest BCUT2D eigenvalue weighted by atomic mass is 9.64. The first-order valence-electron chi connectivity index (χ1n) is 11.1. The minimum Gasteiger partial charge on any atom is -0.465 e. The number of ether oxygens (including phenoxy) is 2. The summed E-state index contributed by atoms with van der Waals surface area (Å²) in [7, 11) is 1.28. The molecule has 0 spiro atoms. The van der Waals surface area contributed by atoms with Crippen molar-refractivity contribution >= 4 is 29.3 Å². The Kier molecular flexibility index (Phi) is 6.98. The van der Waals surface area contributed by atoms with Crippen molar-refractivity contribution in [3.05, 3.63) is 53.3 Å². The molecule has 0 aliphatic heterocycles. The lowest BCUT2D eigenvalue weighted by Gasteiger charge is -2.45. The number of hydrogen-bond acceptors (Lipinski definition) is 9. The molecule has 12 heteroatoms. The van der Waals surface area contributed by atoms with Crippen molar-refractivity contribution in [1.82, 2.24) is 19.9 Å². The largest absolute Gasteiger partial charge is 0.465 e. The predicted octanol–water partition coefficient (Wildman–Crippen LogP) is 4.73. The molecular weight excluding hydrogens is 492 g/mol. The normalized spacial score (nSPS) is 19.3. The smallest absolute Gasteiger partial charge is 0.417 e. The zero-order valence-electron chi connectivity index (χ0n) is 20.2. The molecule has 3 aromatic heterocycles. The number of aromatic nitrogens is 4. The van der Waals surface area contributed by atoms with Crippen LogP contribution in [0, 0.1) is 5.82 Å². The van der Waals surface area contributed by atoms with E-state index in [1.54, 1.807) is 20.8 Å². The van der Waals surface area contributed by atoms with Crippen molar-refractivity contribution < 1.29 is 27.8 Å². The van der Waals surface area contributed by atoms with E-state index in [2.05, 4.69) is 19.9 Å². The minimum atomic E-state index is -1.15. The highest BCUT2D eigenvalue weighted by Crippen LogP contribution is 2.46. The molecule has 3 heterocycles. The highest BCUT2D eigenvalue weighted by atomic mass is 32.1. The summed E-state index contributed by atoms with van der Waals surface area (Å²) >= 11 is 1.11. The zero-order valence-corrected chi connectivity index (χ0v) is 21.0. The van der Waals surface area contributed by atoms with E-state index in [9.17, 15) is 18.4 Å². The summed E-state index contributed by atoms with van der Waals surface area (Å²) in [4.78, 5) is 43.4. The van der Waals surface area contributed by atoms with E-state index in [4.69, 9.17) is 9.47 Å². The average Bonchev–Trinajstić information content (AvgIpc) is 3.30. The molecule has 190 valence electrons. The average molecular weight is 518 g/mol. The molecule has 1 aliphatic carbocycles. The third kappa shape index (κ3) is 5.32. The van der Waals surface area contributed by atoms with Gasteiger partial charge in [0.05, 0.1) is 19.0 Å². The number of pyridine rings is 1. The van der Waals surface area contributed by atoms with Gasteiger partial charge >= 0.3 is 12.1 Å². The number of methoxy groups -OCH3 is 1. The first kappa shape index (κ1) is 25.5. The second-order valence-electron chi connectivity index (χ2n) is 9.48. The van der Waals surface area contributed by atoms with Gasteiger partial charge in [0, 0.05) is 36.1 Å². The third-order valence-corrected chi connectivity index (χ3v) is 6.61. The molecule has 0 bridgehead atoms. The maximum absolute atomic E-state index is 14.7. The maximum atomic E-state index is 14.7. The minimum absolute atomic E-state index is 0.00392. The monoisotopic (exact) mass is 517 g/mol. The molecule has 3 aromatic rings. The van der Waals surface area contributed by atoms with Crippen molar-refractivity contribution in [1.29, 1.82) is 0 Å². The summed E-state index contributed by atoms with van der Waals surface area (Å²) in [6, 6.07) is 2.71. The number of hydrogen-bond donors (Lipinski definition) is 0. The SMILES string of the molecule is COC(=O)c1cnc(-c2cnc(N(C[C@]3(c4ncccc4F)C[C@@H](F)C3)C(=O)OC(C)(C)C)nc2)s1. The number of esters is 1. The van der Waals surface area contributed by atoms with Crippen molar-refractivity contribution in [3.8, 4) is 10.6 Å². The van der Waals surface area contributed by atoms with E-state index < -0.39 is 35.1 Å². The fourth-order valence-electron chi connectivity index (χ4n) is 3.97. The molecule has 0 unspecified atom stereocenters. The topological polar surface area (TPSA) is 107 Å². The van der Waals surface area contributed by atoms with Gasteiger partial charge in [-0.3, -0.25) is 4.98 Å². The fraction of sp³-hybridized carbons (Fsp3) is 0.417. The Bertz CT molecular complexity index is 1260. The molecule has 1 aliphatic rings. The molecular formula is C24H25F2N5O4S. The molecule has 0 aromatic carbocycles. The Morgan fingerprint density at radius 3 is 2.44 bits per heavy atom. The lowest BCUT2D eigenvalue weighted by molar-refractivity contribution is 0.0505. The number of amides is 1. The summed E-state index contributed by atoms with van der Waals surface area (Å²) in [6.07, 6.45) is 3.81. The van der Waals surface area contributed by atoms with Crippen LogP contribution in [0.5, 0.6) is 0 Å². The van der Waals surface area contributed by atoms with Crippen LogP contribution in [0.15, 0.2) is 36.9 Å². The van der Waals surface area contributed by atoms with Crippen molar-refractivity contribution in [2.75, 3.05) is 18.6 Å². The fourth-order valence-corrected chi connectivity index (χ4v) is 4.78. The Morgan fingerprint density at radius 1 is 1.17 bits per heavy atom. The van der Waals surface area contributed by atoms with Gasteiger partial charge in [-0.15, -0.1) is 11.3 Å². The van der Waals surface area contributed by atoms with Crippen LogP contribution in [0.2, 0.25) is 0 Å². The molecule has 1 amide bonds. The Labute approximate surface area is 210 Å². The summed E-state index contributed by atoms with van der Waals surface area (Å²) in [5, 5.41) is 0.483. The summed E-state index contributed by atoms with van der Waals surface area (Å²) < 4.78 is 39.1. The molecule has 1 fully saturated rings. The number of carbonyl (C=O) groups is 2. The standard InChI is InChI=1S/C24H25F2N5O4S/c1-23(2,3)35-22(33)31(13-24(8-15(25)9-24)18-16(26)6-5-7-27-18)21-29-10-14(11-30-21)19-28-12-17(36-19)20(32)34-4/h5-7,10-12,15H,8-9,13H2,1-4H3/t15-,24+. The molecule has 9 nitrogen and oxygen atoms in total. The van der Waals surface area contributed by atoms with Gasteiger partial charge in [0.25, 0.3) is 0 Å². The number of alkyl halides is 1. The second kappa shape index (κ2) is 9.84. The van der Waals surface area contributed by atoms with E-state index in [1.807, 2.05) is 0 Å². The van der Waals surface area contributed by atoms with Crippen LogP contribution in [-0.2, 0) is 14.9 Å². The van der Waals surface area contributed by atoms with Crippen LogP contribution in [0.3, 0.4) is 0 Å².